The number of Topliss-reactive ketones (excluding diaryl/α,β-unsaturated/α-hetero) is 3. The molecule has 0 bridgehead atoms. The van der Waals surface area contributed by atoms with Crippen LogP contribution in [0.2, 0.25) is 0 Å². The largest absolute Gasteiger partial charge is 0.394 e. The monoisotopic (exact) mass is 1230 g/mol. The maximum atomic E-state index is 13.5. The molecule has 0 unspecified atom stereocenters. The lowest BCUT2D eigenvalue weighted by molar-refractivity contribution is -0.366. The Morgan fingerprint density at radius 2 is 0.941 bits per heavy atom. The van der Waals surface area contributed by atoms with Crippen LogP contribution < -0.4 is 5.32 Å². The minimum Gasteiger partial charge on any atom is -0.394 e. The lowest BCUT2D eigenvalue weighted by Crippen LogP contribution is -2.65. The topological polar surface area (TPSA) is 484 Å². The summed E-state index contributed by atoms with van der Waals surface area (Å²) < 4.78 is 44.5. The van der Waals surface area contributed by atoms with Gasteiger partial charge >= 0.3 is 5.97 Å². The van der Waals surface area contributed by atoms with E-state index in [1.165, 1.54) is 11.8 Å². The van der Waals surface area contributed by atoms with Gasteiger partial charge in [-0.3, -0.25) is 33.7 Å². The first-order valence-electron chi connectivity index (χ1n) is 28.9. The van der Waals surface area contributed by atoms with Gasteiger partial charge in [-0.1, -0.05) is 25.7 Å². The molecule has 0 saturated carbocycles. The summed E-state index contributed by atoms with van der Waals surface area (Å²) in [5.41, 5.74) is 0. The predicted octanol–water partition coefficient (Wildman–Crippen LogP) is -6.51. The van der Waals surface area contributed by atoms with Crippen LogP contribution in [-0.2, 0) is 76.3 Å². The van der Waals surface area contributed by atoms with Gasteiger partial charge in [0.25, 0.3) is 11.8 Å². The van der Waals surface area contributed by atoms with E-state index >= 15 is 0 Å². The summed E-state index contributed by atoms with van der Waals surface area (Å²) in [7, 11) is 0. The molecule has 0 radical (unpaired) electrons. The number of hydrogen-bond donors (Lipinski definition) is 14. The van der Waals surface area contributed by atoms with Gasteiger partial charge < -0.3 is 114 Å². The Hall–Kier alpha value is -3.79. The fraction of sp³-hybridized carbons (Fsp3) is 0.868. The van der Waals surface area contributed by atoms with E-state index in [0.29, 0.717) is 56.4 Å². The van der Waals surface area contributed by atoms with Crippen molar-refractivity contribution in [1.82, 2.24) is 15.3 Å². The second-order valence-electron chi connectivity index (χ2n) is 21.9. The molecule has 5 rings (SSSR count). The molecule has 0 spiro atoms. The number of ether oxygens (including phenoxy) is 8. The number of aliphatic hydroxyl groups is 13. The second kappa shape index (κ2) is 36.0. The van der Waals surface area contributed by atoms with Gasteiger partial charge in [0.05, 0.1) is 58.8 Å². The number of hydroxylamine groups is 2. The van der Waals surface area contributed by atoms with Crippen molar-refractivity contribution in [3.8, 4) is 0 Å². The number of aliphatic hydroxyl groups excluding tert-OH is 13. The summed E-state index contributed by atoms with van der Waals surface area (Å²) in [4.78, 5) is 94.4. The highest BCUT2D eigenvalue weighted by Crippen LogP contribution is 2.32. The first-order chi connectivity index (χ1) is 40.4. The first-order valence-corrected chi connectivity index (χ1v) is 28.9. The van der Waals surface area contributed by atoms with Gasteiger partial charge in [-0.2, -0.15) is 0 Å². The maximum absolute atomic E-state index is 13.5. The fourth-order valence-corrected chi connectivity index (χ4v) is 10.0. The van der Waals surface area contributed by atoms with Gasteiger partial charge in [0.1, 0.15) is 109 Å². The van der Waals surface area contributed by atoms with Crippen LogP contribution in [0.3, 0.4) is 0 Å². The van der Waals surface area contributed by atoms with Crippen LogP contribution in [0.15, 0.2) is 0 Å². The SMILES string of the molecule is C[C@@H]1O[C@@H](OCCNC(=O)CCCCCCC(=O)CN(CC(=O)CCCCCCC(=O)ON2C(=O)CCC2=O)CC(=O)CCCO[C@H]2O[C@H](CO[C@H]3O[C@H](CO)[C@@H](O)[C@H](O)[C@@H]3O)[C@@H](O)[C@H](O[C@H]3O[C@H](CO)[C@@H](O)[C@H](O)[C@@H]3O)[C@@H]2O)[C@@H](O)[C@H](O)[C@@H]1O. The van der Waals surface area contributed by atoms with Crippen LogP contribution in [0, 0.1) is 0 Å². The van der Waals surface area contributed by atoms with Gasteiger partial charge in [0.15, 0.2) is 25.2 Å². The number of carbonyl (C=O) groups is 7. The summed E-state index contributed by atoms with van der Waals surface area (Å²) in [6.07, 6.45) is -28.6. The van der Waals surface area contributed by atoms with E-state index in [4.69, 9.17) is 42.7 Å². The smallest absolute Gasteiger partial charge is 0.333 e. The predicted molar refractivity (Wildman–Crippen MR) is 280 cm³/mol. The number of rotatable bonds is 37. The molecule has 5 heterocycles. The van der Waals surface area contributed by atoms with Crippen molar-refractivity contribution >= 4 is 41.0 Å². The standard InChI is InChI=1S/C53H87N3O29/c1-27-38(66)42(70)45(73)50(80-27)78-20-18-54-34(62)14-8-4-2-6-11-28(59)21-55(22-29(60)12-7-3-5-9-15-37(65)85-56-35(63)16-17-36(56)64)23-30(61)13-10-19-77-52-48(76)49(84-53-47(75)44(72)40(68)32(25-58)82-53)41(69)33(83-52)26-79-51-46(74)43(71)39(67)31(24-57)81-51/h27,31-33,38-53,57-58,66-76H,2-26H2,1H3,(H,54,62)/t27-,31+,32+,33+,38+,39+,40+,41+,42+,43-,44-,45-,46-,47-,48-,49-,50+,51-,52-,53+/m0/s1. The summed E-state index contributed by atoms with van der Waals surface area (Å²) in [5.74, 6) is -3.15. The maximum Gasteiger partial charge on any atom is 0.333 e. The zero-order chi connectivity index (χ0) is 62.5. The number of amides is 3. The molecule has 488 valence electrons. The molecule has 0 aliphatic carbocycles. The Morgan fingerprint density at radius 3 is 1.49 bits per heavy atom. The molecule has 0 aromatic rings. The van der Waals surface area contributed by atoms with Crippen LogP contribution in [0.25, 0.3) is 0 Å². The molecule has 85 heavy (non-hydrogen) atoms. The highest BCUT2D eigenvalue weighted by Gasteiger charge is 2.52. The molecule has 3 amide bonds. The molecular formula is C53H87N3O29. The minimum atomic E-state index is -1.98. The number of unbranched alkanes of at least 4 members (excludes halogenated alkanes) is 6. The molecule has 0 aromatic carbocycles. The third-order valence-electron chi connectivity index (χ3n) is 15.0. The number of carbonyl (C=O) groups excluding carboxylic acids is 7. The Bertz CT molecular complexity index is 2100. The van der Waals surface area contributed by atoms with Crippen molar-refractivity contribution in [2.45, 2.75) is 232 Å². The van der Waals surface area contributed by atoms with Gasteiger partial charge in [-0.05, 0) is 39.0 Å². The third kappa shape index (κ3) is 21.7. The summed E-state index contributed by atoms with van der Waals surface area (Å²) in [5, 5.41) is 138. The molecule has 20 atom stereocenters. The van der Waals surface area contributed by atoms with Crippen molar-refractivity contribution < 1.29 is 143 Å². The van der Waals surface area contributed by atoms with E-state index in [0.717, 1.165) is 0 Å². The Labute approximate surface area is 489 Å². The van der Waals surface area contributed by atoms with Gasteiger partial charge in [0.2, 0.25) is 5.91 Å². The van der Waals surface area contributed by atoms with Crippen LogP contribution in [-0.4, -0.2) is 299 Å². The van der Waals surface area contributed by atoms with Crippen LogP contribution in [0.4, 0.5) is 0 Å². The van der Waals surface area contributed by atoms with Crippen LogP contribution in [0.5, 0.6) is 0 Å². The van der Waals surface area contributed by atoms with Crippen molar-refractivity contribution in [2.75, 3.05) is 59.2 Å². The summed E-state index contributed by atoms with van der Waals surface area (Å²) in [6, 6.07) is 0. The molecule has 5 fully saturated rings. The summed E-state index contributed by atoms with van der Waals surface area (Å²) >= 11 is 0. The average Bonchev–Trinajstić information content (AvgIpc) is 3.99. The Balaban J connectivity index is 1.11. The molecule has 32 nitrogen and oxygen atoms in total. The summed E-state index contributed by atoms with van der Waals surface area (Å²) in [6.45, 7) is -1.91. The quantitative estimate of drug-likeness (QED) is 0.0203. The third-order valence-corrected chi connectivity index (χ3v) is 15.0. The Kier molecular flexibility index (Phi) is 30.5. The van der Waals surface area contributed by atoms with E-state index < -0.39 is 166 Å². The minimum absolute atomic E-state index is 0.0328. The number of nitrogens with one attached hydrogen (secondary N) is 1. The van der Waals surface area contributed by atoms with E-state index in [-0.39, 0.29) is 108 Å². The number of ketones is 3. The molecule has 14 N–H and O–H groups in total. The highest BCUT2D eigenvalue weighted by atomic mass is 16.8. The molecule has 32 heteroatoms. The van der Waals surface area contributed by atoms with Crippen molar-refractivity contribution in [1.29, 1.82) is 0 Å². The number of imide groups is 1. The molecule has 5 aliphatic heterocycles. The van der Waals surface area contributed by atoms with E-state index in [9.17, 15) is 99.9 Å². The van der Waals surface area contributed by atoms with Gasteiger partial charge in [-0.15, -0.1) is 5.06 Å². The van der Waals surface area contributed by atoms with Crippen LogP contribution >= 0.6 is 0 Å². The average molecular weight is 1230 g/mol. The Morgan fingerprint density at radius 1 is 0.494 bits per heavy atom. The normalized spacial score (nSPS) is 34.4. The first kappa shape index (κ1) is 72.0. The fourth-order valence-electron chi connectivity index (χ4n) is 10.0. The number of hydrogen-bond acceptors (Lipinski definition) is 30. The molecular weight excluding hydrogens is 1140 g/mol. The van der Waals surface area contributed by atoms with E-state index in [1.54, 1.807) is 0 Å². The van der Waals surface area contributed by atoms with E-state index in [2.05, 4.69) is 5.32 Å². The lowest BCUT2D eigenvalue weighted by atomic mass is 9.96. The van der Waals surface area contributed by atoms with Crippen LogP contribution in [0.1, 0.15) is 110 Å². The van der Waals surface area contributed by atoms with Crippen molar-refractivity contribution in [3.05, 3.63) is 0 Å². The zero-order valence-electron chi connectivity index (χ0n) is 47.5. The number of nitrogens with zero attached hydrogens (tertiary/aromatic N) is 2. The molecule has 5 aliphatic rings. The lowest BCUT2D eigenvalue weighted by Gasteiger charge is -2.46. The zero-order valence-corrected chi connectivity index (χ0v) is 47.5. The second-order valence-corrected chi connectivity index (χ2v) is 21.9. The van der Waals surface area contributed by atoms with Gasteiger partial charge in [-0.25, -0.2) is 4.79 Å². The van der Waals surface area contributed by atoms with Crippen molar-refractivity contribution in [2.24, 2.45) is 0 Å². The molecule has 0 aromatic heterocycles. The molecule has 5 saturated heterocycles. The van der Waals surface area contributed by atoms with E-state index in [1.807, 2.05) is 0 Å². The van der Waals surface area contributed by atoms with Gasteiger partial charge in [0, 0.05) is 51.5 Å². The van der Waals surface area contributed by atoms with Crippen molar-refractivity contribution in [3.63, 3.8) is 0 Å². The highest BCUT2D eigenvalue weighted by molar-refractivity contribution is 6.01.